The number of benzene rings is 1. The van der Waals surface area contributed by atoms with Crippen LogP contribution >= 0.6 is 0 Å². The van der Waals surface area contributed by atoms with Gasteiger partial charge in [0.15, 0.2) is 8.24 Å². The average molecular weight is 403 g/mol. The Bertz CT molecular complexity index is 809. The topological polar surface area (TPSA) is 34.5 Å². The molecule has 0 saturated carbocycles. The van der Waals surface area contributed by atoms with Crippen molar-refractivity contribution in [2.75, 3.05) is 11.9 Å². The van der Waals surface area contributed by atoms with Gasteiger partial charge in [-0.3, -0.25) is 4.90 Å². The van der Waals surface area contributed by atoms with Crippen molar-refractivity contribution in [1.82, 2.24) is 4.23 Å². The van der Waals surface area contributed by atoms with Gasteiger partial charge in [-0.15, -0.1) is 0 Å². The quantitative estimate of drug-likeness (QED) is 0.503. The molecule has 5 heteroatoms. The highest BCUT2D eigenvalue weighted by atomic mass is 28.3. The average Bonchev–Trinajstić information content (AvgIpc) is 2.95. The maximum absolute atomic E-state index is 12.5. The van der Waals surface area contributed by atoms with Gasteiger partial charge in [-0.1, -0.05) is 47.6 Å². The van der Waals surface area contributed by atoms with Crippen LogP contribution in [-0.2, 0) is 4.74 Å². The van der Waals surface area contributed by atoms with Crippen LogP contribution in [0.15, 0.2) is 30.5 Å². The van der Waals surface area contributed by atoms with E-state index in [1.807, 2.05) is 26.8 Å². The number of hydrogen-bond donors (Lipinski definition) is 0. The molecule has 2 rings (SSSR count). The molecule has 1 aromatic heterocycles. The number of carbonyl (C=O) groups excluding carboxylic acids is 1. The largest absolute Gasteiger partial charge is 0.443 e. The first-order chi connectivity index (χ1) is 12.8. The summed E-state index contributed by atoms with van der Waals surface area (Å²) in [5, 5.41) is 1.22. The van der Waals surface area contributed by atoms with Crippen LogP contribution < -0.4 is 4.90 Å². The summed E-state index contributed by atoms with van der Waals surface area (Å²) < 4.78 is 8.13. The van der Waals surface area contributed by atoms with Gasteiger partial charge >= 0.3 is 6.09 Å². The minimum atomic E-state index is -1.86. The van der Waals surface area contributed by atoms with Gasteiger partial charge in [0.05, 0.1) is 0 Å². The highest BCUT2D eigenvalue weighted by Crippen LogP contribution is 2.44. The number of amides is 1. The molecular formula is C23H38N2O2Si. The second-order valence-corrected chi connectivity index (χ2v) is 15.5. The van der Waals surface area contributed by atoms with E-state index in [4.69, 9.17) is 4.74 Å². The molecule has 0 radical (unpaired) electrons. The van der Waals surface area contributed by atoms with E-state index in [-0.39, 0.29) is 6.09 Å². The molecule has 0 aliphatic rings. The predicted octanol–water partition coefficient (Wildman–Crippen LogP) is 7.04. The molecule has 156 valence electrons. The number of fused-ring (bicyclic) bond motifs is 1. The van der Waals surface area contributed by atoms with Gasteiger partial charge in [0.2, 0.25) is 0 Å². The van der Waals surface area contributed by atoms with E-state index in [1.54, 1.807) is 11.9 Å². The first-order valence-corrected chi connectivity index (χ1v) is 12.6. The number of nitrogens with zero attached hydrogens (tertiary/aromatic N) is 2. The molecule has 0 atom stereocenters. The molecule has 1 heterocycles. The minimum Gasteiger partial charge on any atom is -0.443 e. The predicted molar refractivity (Wildman–Crippen MR) is 123 cm³/mol. The highest BCUT2D eigenvalue weighted by molar-refractivity contribution is 6.82. The van der Waals surface area contributed by atoms with Crippen LogP contribution in [0, 0.1) is 0 Å². The summed E-state index contributed by atoms with van der Waals surface area (Å²) in [5.74, 6) is 0. The molecule has 0 aliphatic carbocycles. The second-order valence-electron chi connectivity index (χ2n) is 9.82. The molecule has 0 unspecified atom stereocenters. The molecule has 1 aromatic carbocycles. The zero-order valence-corrected chi connectivity index (χ0v) is 20.3. The summed E-state index contributed by atoms with van der Waals surface area (Å²) in [6.45, 7) is 19.9. The monoisotopic (exact) mass is 402 g/mol. The van der Waals surface area contributed by atoms with Crippen molar-refractivity contribution >= 4 is 30.9 Å². The molecule has 28 heavy (non-hydrogen) atoms. The van der Waals surface area contributed by atoms with Crippen LogP contribution in [-0.4, -0.2) is 31.2 Å². The van der Waals surface area contributed by atoms with Gasteiger partial charge in [0.1, 0.15) is 5.60 Å². The summed E-state index contributed by atoms with van der Waals surface area (Å²) in [5.41, 5.74) is 3.39. The lowest BCUT2D eigenvalue weighted by molar-refractivity contribution is 0.0589. The lowest BCUT2D eigenvalue weighted by atomic mass is 10.2. The summed E-state index contributed by atoms with van der Waals surface area (Å²) in [7, 11) is -0.0787. The van der Waals surface area contributed by atoms with Gasteiger partial charge < -0.3 is 8.97 Å². The molecule has 0 spiro atoms. The Labute approximate surface area is 172 Å². The Hall–Kier alpha value is -1.75. The van der Waals surface area contributed by atoms with E-state index < -0.39 is 13.8 Å². The number of aromatic nitrogens is 1. The van der Waals surface area contributed by atoms with E-state index in [9.17, 15) is 4.79 Å². The van der Waals surface area contributed by atoms with Gasteiger partial charge in [0.25, 0.3) is 0 Å². The fourth-order valence-corrected chi connectivity index (χ4v) is 11.5. The number of rotatable bonds is 5. The molecule has 0 fully saturated rings. The van der Waals surface area contributed by atoms with Crippen LogP contribution in [0.5, 0.6) is 0 Å². The molecule has 2 aromatic rings. The Morgan fingerprint density at radius 3 is 2.00 bits per heavy atom. The summed E-state index contributed by atoms with van der Waals surface area (Å²) in [4.78, 5) is 14.1. The fourth-order valence-electron chi connectivity index (χ4n) is 4.93. The summed E-state index contributed by atoms with van der Waals surface area (Å²) in [6, 6.07) is 8.47. The minimum absolute atomic E-state index is 0.329. The Morgan fingerprint density at radius 2 is 1.54 bits per heavy atom. The van der Waals surface area contributed by atoms with Crippen LogP contribution in [0.25, 0.3) is 10.9 Å². The molecule has 4 nitrogen and oxygen atoms in total. The van der Waals surface area contributed by atoms with E-state index in [1.165, 1.54) is 10.9 Å². The molecule has 0 bridgehead atoms. The Kier molecular flexibility index (Phi) is 6.39. The van der Waals surface area contributed by atoms with E-state index in [0.717, 1.165) is 5.69 Å². The highest BCUT2D eigenvalue weighted by Gasteiger charge is 2.45. The van der Waals surface area contributed by atoms with Gasteiger partial charge in [0, 0.05) is 18.3 Å². The van der Waals surface area contributed by atoms with Crippen LogP contribution in [0.2, 0.25) is 16.6 Å². The molecule has 0 N–H and O–H groups in total. The summed E-state index contributed by atoms with van der Waals surface area (Å²) in [6.07, 6.45) is 1.94. The van der Waals surface area contributed by atoms with Crippen molar-refractivity contribution in [3.05, 3.63) is 30.5 Å². The van der Waals surface area contributed by atoms with E-state index >= 15 is 0 Å². The maximum Gasteiger partial charge on any atom is 0.414 e. The van der Waals surface area contributed by atoms with Crippen molar-refractivity contribution in [3.8, 4) is 0 Å². The second kappa shape index (κ2) is 7.94. The number of ether oxygens (including phenoxy) is 1. The lowest BCUT2D eigenvalue weighted by Gasteiger charge is -2.44. The maximum atomic E-state index is 12.5. The molecule has 0 aliphatic heterocycles. The smallest absolute Gasteiger partial charge is 0.414 e. The van der Waals surface area contributed by atoms with Gasteiger partial charge in [-0.2, -0.15) is 0 Å². The summed E-state index contributed by atoms with van der Waals surface area (Å²) >= 11 is 0. The first kappa shape index (κ1) is 22.5. The lowest BCUT2D eigenvalue weighted by Crippen LogP contribution is -2.51. The van der Waals surface area contributed by atoms with Crippen LogP contribution in [0.4, 0.5) is 10.5 Å². The van der Waals surface area contributed by atoms with Crippen LogP contribution in [0.1, 0.15) is 62.3 Å². The third-order valence-electron chi connectivity index (χ3n) is 5.92. The third-order valence-corrected chi connectivity index (χ3v) is 12.7. The number of carbonyl (C=O) groups is 1. The first-order valence-electron chi connectivity index (χ1n) is 10.4. The van der Waals surface area contributed by atoms with E-state index in [2.05, 4.69) is 70.2 Å². The number of hydrogen-bond acceptors (Lipinski definition) is 2. The third kappa shape index (κ3) is 4.00. The number of anilines is 1. The van der Waals surface area contributed by atoms with Crippen molar-refractivity contribution in [2.24, 2.45) is 0 Å². The standard InChI is InChI=1S/C23H38N2O2Si/c1-16(2)28(17(3)4,18(5)6)25-14-13-19-11-12-20(15-21(19)25)24(10)22(26)27-23(7,8)9/h11-18H,1-10H3. The van der Waals surface area contributed by atoms with Crippen molar-refractivity contribution in [1.29, 1.82) is 0 Å². The Balaban J connectivity index is 2.59. The normalized spacial score (nSPS) is 13.0. The zero-order valence-electron chi connectivity index (χ0n) is 19.3. The fraction of sp³-hybridized carbons (Fsp3) is 0.609. The zero-order chi connectivity index (χ0) is 21.4. The molecule has 0 saturated heterocycles. The van der Waals surface area contributed by atoms with Gasteiger partial charge in [-0.05, 0) is 67.2 Å². The molecule has 1 amide bonds. The van der Waals surface area contributed by atoms with Crippen molar-refractivity contribution in [3.63, 3.8) is 0 Å². The van der Waals surface area contributed by atoms with Crippen LogP contribution in [0.3, 0.4) is 0 Å². The van der Waals surface area contributed by atoms with Gasteiger partial charge in [-0.25, -0.2) is 4.79 Å². The Morgan fingerprint density at radius 1 is 1.00 bits per heavy atom. The SMILES string of the molecule is CC(C)[Si](C(C)C)(C(C)C)n1ccc2ccc(N(C)C(=O)OC(C)(C)C)cc21. The molecular weight excluding hydrogens is 364 g/mol. The van der Waals surface area contributed by atoms with Crippen molar-refractivity contribution < 1.29 is 9.53 Å². The van der Waals surface area contributed by atoms with E-state index in [0.29, 0.717) is 16.6 Å². The van der Waals surface area contributed by atoms with Crippen molar-refractivity contribution in [2.45, 2.75) is 84.5 Å².